The van der Waals surface area contributed by atoms with E-state index in [1.807, 2.05) is 0 Å². The Kier molecular flexibility index (Phi) is 4.17. The lowest BCUT2D eigenvalue weighted by Crippen LogP contribution is -2.36. The van der Waals surface area contributed by atoms with Crippen LogP contribution in [-0.4, -0.2) is 10.1 Å². The molecular formula is C14H13BrF2N2O. The maximum Gasteiger partial charge on any atom is 0.129 e. The Bertz CT molecular complexity index is 634. The van der Waals surface area contributed by atoms with Crippen LogP contribution in [0.25, 0.3) is 0 Å². The van der Waals surface area contributed by atoms with Gasteiger partial charge in [0.1, 0.15) is 17.2 Å². The van der Waals surface area contributed by atoms with Gasteiger partial charge in [0.2, 0.25) is 0 Å². The molecule has 106 valence electrons. The number of benzene rings is 1. The molecule has 2 atom stereocenters. The third-order valence-corrected chi connectivity index (χ3v) is 3.60. The van der Waals surface area contributed by atoms with Gasteiger partial charge < -0.3 is 10.8 Å². The minimum Gasteiger partial charge on any atom is -0.383 e. The summed E-state index contributed by atoms with van der Waals surface area (Å²) in [5.41, 5.74) is 4.54. The highest BCUT2D eigenvalue weighted by molar-refractivity contribution is 9.10. The molecule has 0 aliphatic rings. The Labute approximate surface area is 123 Å². The summed E-state index contributed by atoms with van der Waals surface area (Å²) in [5, 5.41) is 10.5. The van der Waals surface area contributed by atoms with Crippen molar-refractivity contribution in [1.82, 2.24) is 4.98 Å². The van der Waals surface area contributed by atoms with Crippen molar-refractivity contribution in [3.05, 3.63) is 63.9 Å². The minimum absolute atomic E-state index is 0.190. The first-order chi connectivity index (χ1) is 9.32. The van der Waals surface area contributed by atoms with Crippen molar-refractivity contribution in [1.29, 1.82) is 0 Å². The number of pyridine rings is 1. The van der Waals surface area contributed by atoms with Gasteiger partial charge >= 0.3 is 0 Å². The zero-order valence-electron chi connectivity index (χ0n) is 10.6. The topological polar surface area (TPSA) is 59.1 Å². The fourth-order valence-corrected chi connectivity index (χ4v) is 2.36. The molecule has 1 aromatic carbocycles. The molecule has 2 aromatic rings. The second-order valence-corrected chi connectivity index (χ2v) is 5.60. The fraction of sp³-hybridized carbons (Fsp3) is 0.214. The van der Waals surface area contributed by atoms with Gasteiger partial charge in [-0.25, -0.2) is 8.78 Å². The first kappa shape index (κ1) is 15.0. The lowest BCUT2D eigenvalue weighted by Gasteiger charge is -2.31. The maximum absolute atomic E-state index is 13.8. The van der Waals surface area contributed by atoms with E-state index in [1.54, 1.807) is 12.3 Å². The van der Waals surface area contributed by atoms with E-state index in [-0.39, 0.29) is 5.56 Å². The summed E-state index contributed by atoms with van der Waals surface area (Å²) in [6, 6.07) is 3.61. The second kappa shape index (κ2) is 5.55. The number of rotatable bonds is 3. The quantitative estimate of drug-likeness (QED) is 0.901. The average molecular weight is 343 g/mol. The highest BCUT2D eigenvalue weighted by Gasteiger charge is 2.35. The predicted molar refractivity (Wildman–Crippen MR) is 74.8 cm³/mol. The number of halogens is 3. The normalized spacial score (nSPS) is 15.7. The van der Waals surface area contributed by atoms with E-state index >= 15 is 0 Å². The summed E-state index contributed by atoms with van der Waals surface area (Å²) in [4.78, 5) is 3.95. The molecule has 0 bridgehead atoms. The Morgan fingerprint density at radius 1 is 1.30 bits per heavy atom. The summed E-state index contributed by atoms with van der Waals surface area (Å²) in [6.45, 7) is 1.34. The van der Waals surface area contributed by atoms with Crippen molar-refractivity contribution in [3.8, 4) is 0 Å². The number of aromatic nitrogens is 1. The maximum atomic E-state index is 13.8. The number of aliphatic hydroxyl groups is 1. The fourth-order valence-electron chi connectivity index (χ4n) is 1.98. The minimum atomic E-state index is -1.77. The molecule has 0 aliphatic heterocycles. The van der Waals surface area contributed by atoms with E-state index in [1.165, 1.54) is 13.1 Å². The van der Waals surface area contributed by atoms with E-state index in [9.17, 15) is 13.9 Å². The highest BCUT2D eigenvalue weighted by Crippen LogP contribution is 2.35. The molecule has 20 heavy (non-hydrogen) atoms. The molecule has 6 heteroatoms. The zero-order valence-corrected chi connectivity index (χ0v) is 12.2. The first-order valence-electron chi connectivity index (χ1n) is 5.86. The van der Waals surface area contributed by atoms with Crippen LogP contribution in [0.3, 0.4) is 0 Å². The van der Waals surface area contributed by atoms with Gasteiger partial charge in [0, 0.05) is 22.4 Å². The van der Waals surface area contributed by atoms with Gasteiger partial charge in [-0.15, -0.1) is 0 Å². The molecule has 1 aromatic heterocycles. The van der Waals surface area contributed by atoms with Crippen LogP contribution in [-0.2, 0) is 5.60 Å². The number of nitrogens with two attached hydrogens (primary N) is 1. The summed E-state index contributed by atoms with van der Waals surface area (Å²) in [5.74, 6) is -1.35. The van der Waals surface area contributed by atoms with Crippen molar-refractivity contribution in [2.45, 2.75) is 18.6 Å². The third-order valence-electron chi connectivity index (χ3n) is 3.16. The number of hydrogen-bond donors (Lipinski definition) is 2. The van der Waals surface area contributed by atoms with Gasteiger partial charge in [0.05, 0.1) is 6.04 Å². The molecule has 0 saturated heterocycles. The molecular weight excluding hydrogens is 330 g/mol. The zero-order chi connectivity index (χ0) is 14.9. The molecule has 0 amide bonds. The highest BCUT2D eigenvalue weighted by atomic mass is 79.9. The number of nitrogens with zero attached hydrogens (tertiary/aromatic N) is 1. The van der Waals surface area contributed by atoms with E-state index in [0.717, 1.165) is 18.2 Å². The molecule has 1 heterocycles. The molecule has 0 saturated carbocycles. The van der Waals surface area contributed by atoms with Crippen LogP contribution in [0.5, 0.6) is 0 Å². The van der Waals surface area contributed by atoms with Crippen molar-refractivity contribution in [2.75, 3.05) is 0 Å². The molecule has 0 unspecified atom stereocenters. The molecule has 3 nitrogen and oxygen atoms in total. The SMILES string of the molecule is C[C@@](O)(c1cc(F)ccc1F)[C@H](N)c1cncc(Br)c1. The standard InChI is InChI=1S/C14H13BrF2N2O/c1-14(20,11-5-10(16)2-3-12(11)17)13(18)8-4-9(15)7-19-6-8/h2-7,13,20H,18H2,1H3/t13-,14-/m1/s1. The van der Waals surface area contributed by atoms with Gasteiger partial charge in [-0.3, -0.25) is 4.98 Å². The average Bonchev–Trinajstić information content (AvgIpc) is 2.40. The van der Waals surface area contributed by atoms with E-state index in [2.05, 4.69) is 20.9 Å². The van der Waals surface area contributed by atoms with Crippen LogP contribution < -0.4 is 5.73 Å². The Morgan fingerprint density at radius 2 is 2.00 bits per heavy atom. The van der Waals surface area contributed by atoms with Gasteiger partial charge in [-0.05, 0) is 52.7 Å². The third kappa shape index (κ3) is 2.87. The van der Waals surface area contributed by atoms with Gasteiger partial charge in [-0.1, -0.05) is 0 Å². The van der Waals surface area contributed by atoms with E-state index < -0.39 is 23.3 Å². The smallest absolute Gasteiger partial charge is 0.129 e. The molecule has 2 rings (SSSR count). The van der Waals surface area contributed by atoms with Crippen molar-refractivity contribution < 1.29 is 13.9 Å². The van der Waals surface area contributed by atoms with E-state index in [0.29, 0.717) is 10.0 Å². The molecule has 0 radical (unpaired) electrons. The van der Waals surface area contributed by atoms with Crippen LogP contribution in [0.1, 0.15) is 24.1 Å². The molecule has 0 spiro atoms. The predicted octanol–water partition coefficient (Wildman–Crippen LogP) is 3.03. The molecule has 0 fully saturated rings. The first-order valence-corrected chi connectivity index (χ1v) is 6.65. The lowest BCUT2D eigenvalue weighted by atomic mass is 9.85. The van der Waals surface area contributed by atoms with Crippen molar-refractivity contribution >= 4 is 15.9 Å². The van der Waals surface area contributed by atoms with Gasteiger partial charge in [-0.2, -0.15) is 0 Å². The van der Waals surface area contributed by atoms with Crippen molar-refractivity contribution in [2.24, 2.45) is 5.73 Å². The summed E-state index contributed by atoms with van der Waals surface area (Å²) in [6.07, 6.45) is 3.04. The van der Waals surface area contributed by atoms with Crippen molar-refractivity contribution in [3.63, 3.8) is 0 Å². The van der Waals surface area contributed by atoms with E-state index in [4.69, 9.17) is 5.73 Å². The molecule has 0 aliphatic carbocycles. The second-order valence-electron chi connectivity index (χ2n) is 4.69. The van der Waals surface area contributed by atoms with Gasteiger partial charge in [0.25, 0.3) is 0 Å². The molecule has 3 N–H and O–H groups in total. The van der Waals surface area contributed by atoms with Gasteiger partial charge in [0.15, 0.2) is 0 Å². The largest absolute Gasteiger partial charge is 0.383 e. The Hall–Kier alpha value is -1.37. The summed E-state index contributed by atoms with van der Waals surface area (Å²) < 4.78 is 27.8. The van der Waals surface area contributed by atoms with Crippen LogP contribution in [0.15, 0.2) is 41.1 Å². The van der Waals surface area contributed by atoms with Crippen LogP contribution in [0, 0.1) is 11.6 Å². The van der Waals surface area contributed by atoms with Crippen LogP contribution in [0.4, 0.5) is 8.78 Å². The lowest BCUT2D eigenvalue weighted by molar-refractivity contribution is 0.0243. The Morgan fingerprint density at radius 3 is 2.65 bits per heavy atom. The Balaban J connectivity index is 2.46. The monoisotopic (exact) mass is 342 g/mol. The van der Waals surface area contributed by atoms with Crippen LogP contribution in [0.2, 0.25) is 0 Å². The van der Waals surface area contributed by atoms with Crippen LogP contribution >= 0.6 is 15.9 Å². The summed E-state index contributed by atoms with van der Waals surface area (Å²) in [7, 11) is 0. The number of hydrogen-bond acceptors (Lipinski definition) is 3. The summed E-state index contributed by atoms with van der Waals surface area (Å²) >= 11 is 3.25.